The molecule has 0 radical (unpaired) electrons. The lowest BCUT2D eigenvalue weighted by molar-refractivity contribution is -0.159. The van der Waals surface area contributed by atoms with Gasteiger partial charge in [-0.3, -0.25) is 4.79 Å². The molecule has 1 N–H and O–H groups in total. The molecule has 1 aliphatic heterocycles. The number of hydrogen-bond acceptors (Lipinski definition) is 5. The number of rotatable bonds is 5. The van der Waals surface area contributed by atoms with Crippen LogP contribution in [0.4, 0.5) is 13.2 Å². The van der Waals surface area contributed by atoms with Gasteiger partial charge in [0.15, 0.2) is 0 Å². The fourth-order valence-electron chi connectivity index (χ4n) is 3.73. The molecular formula is C22H20F3N3O3. The van der Waals surface area contributed by atoms with Crippen molar-refractivity contribution in [2.24, 2.45) is 0 Å². The van der Waals surface area contributed by atoms with Gasteiger partial charge in [-0.25, -0.2) is 0 Å². The lowest BCUT2D eigenvalue weighted by atomic mass is 9.74. The highest BCUT2D eigenvalue weighted by Crippen LogP contribution is 2.34. The summed E-state index contributed by atoms with van der Waals surface area (Å²) in [5.74, 6) is -1.99. The molecule has 4 rings (SSSR count). The quantitative estimate of drug-likeness (QED) is 0.654. The molecule has 3 aromatic rings. The minimum atomic E-state index is -4.73. The minimum absolute atomic E-state index is 0.229. The second-order valence-corrected chi connectivity index (χ2v) is 7.44. The first-order valence-corrected chi connectivity index (χ1v) is 9.80. The van der Waals surface area contributed by atoms with Crippen LogP contribution in [0.25, 0.3) is 11.4 Å². The Labute approximate surface area is 176 Å². The fraction of sp³-hybridized carbons (Fsp3) is 0.318. The van der Waals surface area contributed by atoms with Crippen molar-refractivity contribution in [1.29, 1.82) is 0 Å². The molecule has 0 aliphatic carbocycles. The molecular weight excluding hydrogens is 411 g/mol. The molecule has 31 heavy (non-hydrogen) atoms. The van der Waals surface area contributed by atoms with Crippen molar-refractivity contribution in [1.82, 2.24) is 15.5 Å². The van der Waals surface area contributed by atoms with Crippen LogP contribution in [0.3, 0.4) is 0 Å². The summed E-state index contributed by atoms with van der Waals surface area (Å²) in [5.41, 5.74) is 1.46. The maximum Gasteiger partial charge on any atom is 0.471 e. The van der Waals surface area contributed by atoms with Gasteiger partial charge in [0.25, 0.3) is 5.91 Å². The van der Waals surface area contributed by atoms with Gasteiger partial charge in [0.05, 0.1) is 0 Å². The lowest BCUT2D eigenvalue weighted by Gasteiger charge is -2.38. The van der Waals surface area contributed by atoms with Crippen LogP contribution in [0, 0.1) is 0 Å². The van der Waals surface area contributed by atoms with E-state index in [2.05, 4.69) is 20.0 Å². The molecule has 1 amide bonds. The molecule has 0 spiro atoms. The summed E-state index contributed by atoms with van der Waals surface area (Å²) in [5, 5.41) is 6.35. The van der Waals surface area contributed by atoms with Gasteiger partial charge >= 0.3 is 12.1 Å². The van der Waals surface area contributed by atoms with Crippen LogP contribution in [0.2, 0.25) is 0 Å². The third kappa shape index (κ3) is 4.61. The molecule has 162 valence electrons. The van der Waals surface area contributed by atoms with E-state index >= 15 is 0 Å². The largest absolute Gasteiger partial charge is 0.471 e. The van der Waals surface area contributed by atoms with Crippen molar-refractivity contribution in [3.8, 4) is 11.4 Å². The number of carbonyl (C=O) groups is 1. The Bertz CT molecular complexity index is 1040. The Morgan fingerprint density at radius 2 is 1.81 bits per heavy atom. The van der Waals surface area contributed by atoms with Gasteiger partial charge in [0.1, 0.15) is 0 Å². The molecule has 0 bridgehead atoms. The van der Waals surface area contributed by atoms with E-state index in [0.717, 1.165) is 18.4 Å². The third-order valence-electron chi connectivity index (χ3n) is 5.47. The predicted octanol–water partition coefficient (Wildman–Crippen LogP) is 4.23. The highest BCUT2D eigenvalue weighted by atomic mass is 19.4. The van der Waals surface area contributed by atoms with Crippen LogP contribution >= 0.6 is 0 Å². The summed E-state index contributed by atoms with van der Waals surface area (Å²) in [7, 11) is 0. The second-order valence-electron chi connectivity index (χ2n) is 7.44. The SMILES string of the molecule is O=C(NCC1(c2ccccc2)CCOCC1)c1cccc(-c2noc(C(F)(F)F)n2)c1. The van der Waals surface area contributed by atoms with Crippen LogP contribution in [-0.4, -0.2) is 35.8 Å². The van der Waals surface area contributed by atoms with Crippen molar-refractivity contribution in [2.45, 2.75) is 24.4 Å². The molecule has 0 saturated carbocycles. The number of benzene rings is 2. The Kier molecular flexibility index (Phi) is 5.77. The van der Waals surface area contributed by atoms with E-state index < -0.39 is 12.1 Å². The van der Waals surface area contributed by atoms with Crippen molar-refractivity contribution in [2.75, 3.05) is 19.8 Å². The van der Waals surface area contributed by atoms with Gasteiger partial charge in [-0.05, 0) is 30.5 Å². The fourth-order valence-corrected chi connectivity index (χ4v) is 3.73. The number of ether oxygens (including phenoxy) is 1. The molecule has 2 aromatic carbocycles. The van der Waals surface area contributed by atoms with Gasteiger partial charge in [0, 0.05) is 36.3 Å². The summed E-state index contributed by atoms with van der Waals surface area (Å²) in [6.07, 6.45) is -3.17. The summed E-state index contributed by atoms with van der Waals surface area (Å²) in [6.45, 7) is 1.64. The summed E-state index contributed by atoms with van der Waals surface area (Å²) < 4.78 is 47.9. The molecule has 1 fully saturated rings. The zero-order chi connectivity index (χ0) is 21.9. The van der Waals surface area contributed by atoms with Crippen molar-refractivity contribution in [3.63, 3.8) is 0 Å². The molecule has 1 aliphatic rings. The standard InChI is InChI=1S/C22H20F3N3O3/c23-22(24,25)20-27-18(28-31-20)15-5-4-6-16(13-15)19(29)26-14-21(9-11-30-12-10-21)17-7-2-1-3-8-17/h1-8,13H,9-12,14H2,(H,26,29). The van der Waals surface area contributed by atoms with Crippen LogP contribution in [-0.2, 0) is 16.3 Å². The van der Waals surface area contributed by atoms with Gasteiger partial charge in [-0.15, -0.1) is 0 Å². The van der Waals surface area contributed by atoms with E-state index in [1.54, 1.807) is 12.1 Å². The first-order chi connectivity index (χ1) is 14.9. The van der Waals surface area contributed by atoms with E-state index in [0.29, 0.717) is 25.3 Å². The van der Waals surface area contributed by atoms with Crippen molar-refractivity contribution < 1.29 is 27.2 Å². The van der Waals surface area contributed by atoms with E-state index in [-0.39, 0.29) is 22.7 Å². The summed E-state index contributed by atoms with van der Waals surface area (Å²) in [4.78, 5) is 16.2. The second kappa shape index (κ2) is 8.50. The summed E-state index contributed by atoms with van der Waals surface area (Å²) in [6, 6.07) is 16.1. The first-order valence-electron chi connectivity index (χ1n) is 9.80. The number of hydrogen-bond donors (Lipinski definition) is 1. The molecule has 6 nitrogen and oxygen atoms in total. The van der Waals surface area contributed by atoms with Gasteiger partial charge < -0.3 is 14.6 Å². The van der Waals surface area contributed by atoms with Gasteiger partial charge in [-0.2, -0.15) is 18.2 Å². The van der Waals surface area contributed by atoms with Crippen LogP contribution in [0.1, 0.15) is 34.7 Å². The number of nitrogens with one attached hydrogen (secondary N) is 1. The number of amides is 1. The maximum atomic E-state index is 12.8. The Balaban J connectivity index is 1.51. The molecule has 0 unspecified atom stereocenters. The topological polar surface area (TPSA) is 77.2 Å². The zero-order valence-corrected chi connectivity index (χ0v) is 16.5. The smallest absolute Gasteiger partial charge is 0.381 e. The van der Waals surface area contributed by atoms with E-state index in [4.69, 9.17) is 4.74 Å². The van der Waals surface area contributed by atoms with Crippen LogP contribution < -0.4 is 5.32 Å². The number of nitrogens with zero attached hydrogens (tertiary/aromatic N) is 2. The highest BCUT2D eigenvalue weighted by molar-refractivity contribution is 5.95. The Morgan fingerprint density at radius 1 is 1.06 bits per heavy atom. The highest BCUT2D eigenvalue weighted by Gasteiger charge is 2.38. The number of alkyl halides is 3. The Morgan fingerprint density at radius 3 is 2.48 bits per heavy atom. The zero-order valence-electron chi connectivity index (χ0n) is 16.5. The number of aromatic nitrogens is 2. The maximum absolute atomic E-state index is 12.8. The van der Waals surface area contributed by atoms with E-state index in [1.807, 2.05) is 30.3 Å². The monoisotopic (exact) mass is 431 g/mol. The van der Waals surface area contributed by atoms with E-state index in [1.165, 1.54) is 12.1 Å². The Hall–Kier alpha value is -3.20. The van der Waals surface area contributed by atoms with Crippen LogP contribution in [0.15, 0.2) is 59.1 Å². The molecule has 1 saturated heterocycles. The molecule has 2 heterocycles. The van der Waals surface area contributed by atoms with Crippen LogP contribution in [0.5, 0.6) is 0 Å². The third-order valence-corrected chi connectivity index (χ3v) is 5.47. The van der Waals surface area contributed by atoms with Crippen molar-refractivity contribution >= 4 is 5.91 Å². The normalized spacial score (nSPS) is 16.1. The molecule has 9 heteroatoms. The lowest BCUT2D eigenvalue weighted by Crippen LogP contribution is -2.44. The predicted molar refractivity (Wildman–Crippen MR) is 105 cm³/mol. The first kappa shape index (κ1) is 21.0. The van der Waals surface area contributed by atoms with Crippen molar-refractivity contribution in [3.05, 3.63) is 71.6 Å². The minimum Gasteiger partial charge on any atom is -0.381 e. The number of carbonyl (C=O) groups excluding carboxylic acids is 1. The average molecular weight is 431 g/mol. The molecule has 0 atom stereocenters. The molecule has 1 aromatic heterocycles. The van der Waals surface area contributed by atoms with Gasteiger partial charge in [0.2, 0.25) is 5.82 Å². The average Bonchev–Trinajstić information content (AvgIpc) is 3.30. The number of halogens is 3. The van der Waals surface area contributed by atoms with Gasteiger partial charge in [-0.1, -0.05) is 47.6 Å². The summed E-state index contributed by atoms with van der Waals surface area (Å²) >= 11 is 0. The van der Waals surface area contributed by atoms with E-state index in [9.17, 15) is 18.0 Å².